The third-order valence-corrected chi connectivity index (χ3v) is 10.5. The lowest BCUT2D eigenvalue weighted by Crippen LogP contribution is -2.48. The van der Waals surface area contributed by atoms with Crippen molar-refractivity contribution >= 4 is 8.32 Å². The molecule has 1 aromatic carbocycles. The highest BCUT2D eigenvalue weighted by molar-refractivity contribution is 6.77. The topological polar surface area (TPSA) is 35.2 Å². The van der Waals surface area contributed by atoms with Crippen molar-refractivity contribution in [1.29, 1.82) is 0 Å². The van der Waals surface area contributed by atoms with Gasteiger partial charge in [0.1, 0.15) is 0 Å². The highest BCUT2D eigenvalue weighted by Crippen LogP contribution is 2.42. The summed E-state index contributed by atoms with van der Waals surface area (Å²) in [5.41, 5.74) is 9.27. The Morgan fingerprint density at radius 2 is 1.35 bits per heavy atom. The Hall–Kier alpha value is -0.643. The second kappa shape index (κ2) is 7.39. The first-order chi connectivity index (χ1) is 9.32. The van der Waals surface area contributed by atoms with Gasteiger partial charge < -0.3 is 10.2 Å². The van der Waals surface area contributed by atoms with E-state index in [2.05, 4.69) is 53.7 Å². The maximum atomic E-state index is 6.54. The summed E-state index contributed by atoms with van der Waals surface area (Å²) in [6.45, 7) is 14.5. The Labute approximate surface area is 125 Å². The maximum Gasteiger partial charge on any atom is 0.200 e. The van der Waals surface area contributed by atoms with Gasteiger partial charge in [0.25, 0.3) is 0 Å². The third-order valence-electron chi connectivity index (χ3n) is 4.45. The molecule has 0 amide bonds. The van der Waals surface area contributed by atoms with Crippen LogP contribution in [0.2, 0.25) is 16.6 Å². The number of benzene rings is 1. The minimum atomic E-state index is -1.80. The maximum absolute atomic E-state index is 6.54. The van der Waals surface area contributed by atoms with Gasteiger partial charge in [-0.3, -0.25) is 0 Å². The van der Waals surface area contributed by atoms with Crippen molar-refractivity contribution in [1.82, 2.24) is 0 Å². The summed E-state index contributed by atoms with van der Waals surface area (Å²) in [6.07, 6.45) is 0. The van der Waals surface area contributed by atoms with Gasteiger partial charge in [0, 0.05) is 0 Å². The molecule has 2 N–H and O–H groups in total. The second-order valence-corrected chi connectivity index (χ2v) is 12.1. The predicted molar refractivity (Wildman–Crippen MR) is 90.4 cm³/mol. The number of hydrogen-bond acceptors (Lipinski definition) is 2. The molecule has 2 nitrogen and oxygen atoms in total. The van der Waals surface area contributed by atoms with E-state index in [1.807, 2.05) is 18.2 Å². The van der Waals surface area contributed by atoms with E-state index in [1.54, 1.807) is 0 Å². The van der Waals surface area contributed by atoms with Crippen molar-refractivity contribution in [3.05, 3.63) is 35.9 Å². The Kier molecular flexibility index (Phi) is 6.43. The van der Waals surface area contributed by atoms with E-state index < -0.39 is 8.32 Å². The van der Waals surface area contributed by atoms with E-state index in [9.17, 15) is 0 Å². The Balaban J connectivity index is 2.82. The zero-order valence-electron chi connectivity index (χ0n) is 13.9. The minimum Gasteiger partial charge on any atom is -0.414 e. The third kappa shape index (κ3) is 3.71. The van der Waals surface area contributed by atoms with Crippen LogP contribution >= 0.6 is 0 Å². The van der Waals surface area contributed by atoms with Crippen molar-refractivity contribution in [3.63, 3.8) is 0 Å². The SMILES string of the molecule is CC(C)[Si](OC[C@H](N)c1ccccc1)(C(C)C)C(C)C. The molecule has 0 saturated carbocycles. The Bertz CT molecular complexity index is 367. The van der Waals surface area contributed by atoms with E-state index in [4.69, 9.17) is 10.2 Å². The molecule has 0 spiro atoms. The first-order valence-corrected chi connectivity index (χ1v) is 9.90. The summed E-state index contributed by atoms with van der Waals surface area (Å²) in [6, 6.07) is 10.2. The van der Waals surface area contributed by atoms with Gasteiger partial charge in [-0.25, -0.2) is 0 Å². The van der Waals surface area contributed by atoms with Crippen LogP contribution in [0.25, 0.3) is 0 Å². The second-order valence-electron chi connectivity index (χ2n) is 6.65. The normalized spacial score (nSPS) is 14.3. The highest BCUT2D eigenvalue weighted by atomic mass is 28.4. The molecular weight excluding hydrogens is 262 g/mol. The van der Waals surface area contributed by atoms with Crippen LogP contribution in [0, 0.1) is 0 Å². The van der Waals surface area contributed by atoms with E-state index >= 15 is 0 Å². The molecule has 0 bridgehead atoms. The van der Waals surface area contributed by atoms with Gasteiger partial charge in [-0.15, -0.1) is 0 Å². The molecule has 3 heteroatoms. The molecule has 0 unspecified atom stereocenters. The molecule has 0 aliphatic carbocycles. The molecular formula is C17H31NOSi. The van der Waals surface area contributed by atoms with Gasteiger partial charge >= 0.3 is 0 Å². The molecule has 20 heavy (non-hydrogen) atoms. The van der Waals surface area contributed by atoms with Gasteiger partial charge in [-0.05, 0) is 22.2 Å². The van der Waals surface area contributed by atoms with Gasteiger partial charge in [0.15, 0.2) is 8.32 Å². The Morgan fingerprint density at radius 1 is 0.900 bits per heavy atom. The summed E-state index contributed by atoms with van der Waals surface area (Å²) in [5, 5.41) is 0. The molecule has 0 fully saturated rings. The quantitative estimate of drug-likeness (QED) is 0.727. The van der Waals surface area contributed by atoms with Crippen LogP contribution in [0.4, 0.5) is 0 Å². The largest absolute Gasteiger partial charge is 0.414 e. The van der Waals surface area contributed by atoms with Crippen LogP contribution in [0.1, 0.15) is 53.1 Å². The van der Waals surface area contributed by atoms with Crippen LogP contribution in [0.5, 0.6) is 0 Å². The molecule has 114 valence electrons. The fraction of sp³-hybridized carbons (Fsp3) is 0.647. The molecule has 1 atom stereocenters. The Morgan fingerprint density at radius 3 is 1.75 bits per heavy atom. The van der Waals surface area contributed by atoms with Gasteiger partial charge in [-0.2, -0.15) is 0 Å². The van der Waals surface area contributed by atoms with Crippen LogP contribution in [0.15, 0.2) is 30.3 Å². The molecule has 0 radical (unpaired) electrons. The minimum absolute atomic E-state index is 0.0284. The standard InChI is InChI=1S/C17H31NOSi/c1-13(2)20(14(3)4,15(5)6)19-12-17(18)16-10-8-7-9-11-16/h7-11,13-15,17H,12,18H2,1-6H3/t17-/m0/s1. The summed E-state index contributed by atoms with van der Waals surface area (Å²) in [4.78, 5) is 0. The van der Waals surface area contributed by atoms with E-state index in [1.165, 1.54) is 0 Å². The smallest absolute Gasteiger partial charge is 0.200 e. The average molecular weight is 294 g/mol. The lowest BCUT2D eigenvalue weighted by molar-refractivity contribution is 0.255. The fourth-order valence-corrected chi connectivity index (χ4v) is 9.00. The first kappa shape index (κ1) is 17.4. The average Bonchev–Trinajstić information content (AvgIpc) is 2.38. The number of nitrogens with two attached hydrogens (primary N) is 1. The van der Waals surface area contributed by atoms with Crippen molar-refractivity contribution in [2.24, 2.45) is 5.73 Å². The molecule has 0 aromatic heterocycles. The van der Waals surface area contributed by atoms with Crippen LogP contribution < -0.4 is 5.73 Å². The van der Waals surface area contributed by atoms with E-state index in [0.717, 1.165) is 5.56 Å². The highest BCUT2D eigenvalue weighted by Gasteiger charge is 2.45. The van der Waals surface area contributed by atoms with E-state index in [0.29, 0.717) is 23.2 Å². The van der Waals surface area contributed by atoms with E-state index in [-0.39, 0.29) is 6.04 Å². The molecule has 0 heterocycles. The van der Waals surface area contributed by atoms with Crippen LogP contribution in [0.3, 0.4) is 0 Å². The fourth-order valence-electron chi connectivity index (χ4n) is 3.53. The zero-order valence-corrected chi connectivity index (χ0v) is 14.9. The number of rotatable bonds is 7. The molecule has 0 saturated heterocycles. The number of hydrogen-bond donors (Lipinski definition) is 1. The molecule has 0 aliphatic heterocycles. The van der Waals surface area contributed by atoms with Gasteiger partial charge in [0.05, 0.1) is 12.6 Å². The van der Waals surface area contributed by atoms with Gasteiger partial charge in [-0.1, -0.05) is 71.9 Å². The monoisotopic (exact) mass is 293 g/mol. The van der Waals surface area contributed by atoms with Gasteiger partial charge in [0.2, 0.25) is 0 Å². The molecule has 1 rings (SSSR count). The van der Waals surface area contributed by atoms with Crippen molar-refractivity contribution in [3.8, 4) is 0 Å². The van der Waals surface area contributed by atoms with Crippen molar-refractivity contribution in [2.75, 3.05) is 6.61 Å². The molecule has 0 aliphatic rings. The summed E-state index contributed by atoms with van der Waals surface area (Å²) >= 11 is 0. The van der Waals surface area contributed by atoms with Crippen molar-refractivity contribution in [2.45, 2.75) is 64.2 Å². The molecule has 1 aromatic rings. The predicted octanol–water partition coefficient (Wildman–Crippen LogP) is 4.88. The lowest BCUT2D eigenvalue weighted by atomic mass is 10.1. The van der Waals surface area contributed by atoms with Crippen LogP contribution in [-0.2, 0) is 4.43 Å². The van der Waals surface area contributed by atoms with Crippen molar-refractivity contribution < 1.29 is 4.43 Å². The summed E-state index contributed by atoms with van der Waals surface area (Å²) in [7, 11) is -1.80. The first-order valence-electron chi connectivity index (χ1n) is 7.76. The summed E-state index contributed by atoms with van der Waals surface area (Å²) < 4.78 is 6.54. The summed E-state index contributed by atoms with van der Waals surface area (Å²) in [5.74, 6) is 0. The lowest BCUT2D eigenvalue weighted by Gasteiger charge is -2.42. The van der Waals surface area contributed by atoms with Crippen LogP contribution in [-0.4, -0.2) is 14.9 Å². The zero-order chi connectivity index (χ0) is 15.3.